The molecule has 24 heavy (non-hydrogen) atoms. The highest BCUT2D eigenvalue weighted by atomic mass is 16.5. The van der Waals surface area contributed by atoms with E-state index in [0.29, 0.717) is 17.2 Å². The van der Waals surface area contributed by atoms with Crippen molar-refractivity contribution in [2.75, 3.05) is 19.0 Å². The second-order valence-corrected chi connectivity index (χ2v) is 4.77. The molecule has 124 valence electrons. The van der Waals surface area contributed by atoms with Crippen LogP contribution in [0.15, 0.2) is 40.9 Å². The minimum absolute atomic E-state index is 0.00885. The lowest BCUT2D eigenvalue weighted by atomic mass is 10.3. The van der Waals surface area contributed by atoms with Gasteiger partial charge in [-0.05, 0) is 18.2 Å². The van der Waals surface area contributed by atoms with Gasteiger partial charge in [0.25, 0.3) is 11.8 Å². The number of nitrogens with one attached hydrogen (secondary N) is 1. The Kier molecular flexibility index (Phi) is 4.41. The van der Waals surface area contributed by atoms with Gasteiger partial charge in [0.05, 0.1) is 7.11 Å². The van der Waals surface area contributed by atoms with E-state index in [9.17, 15) is 4.79 Å². The quantitative estimate of drug-likeness (QED) is 0.730. The Hall–Kier alpha value is -3.36. The maximum absolute atomic E-state index is 11.9. The van der Waals surface area contributed by atoms with Crippen molar-refractivity contribution < 1.29 is 18.7 Å². The highest BCUT2D eigenvalue weighted by Crippen LogP contribution is 2.20. The summed E-state index contributed by atoms with van der Waals surface area (Å²) in [6, 6.07) is 8.68. The van der Waals surface area contributed by atoms with Crippen LogP contribution in [0.1, 0.15) is 0 Å². The third-order valence-electron chi connectivity index (χ3n) is 3.12. The summed E-state index contributed by atoms with van der Waals surface area (Å²) in [6.07, 6.45) is 1.61. The number of aromatic nitrogens is 4. The number of ether oxygens (including phenoxy) is 2. The predicted octanol–water partition coefficient (Wildman–Crippen LogP) is 1.50. The largest absolute Gasteiger partial charge is 0.497 e. The Morgan fingerprint density at radius 2 is 2.12 bits per heavy atom. The summed E-state index contributed by atoms with van der Waals surface area (Å²) < 4.78 is 17.4. The third kappa shape index (κ3) is 3.51. The fourth-order valence-electron chi connectivity index (χ4n) is 1.96. The summed E-state index contributed by atoms with van der Waals surface area (Å²) in [4.78, 5) is 11.9. The SMILES string of the molecule is COc1cccc(OCC(=O)Nc2nnc(-c3ccnn3C)o2)c1. The summed E-state index contributed by atoms with van der Waals surface area (Å²) in [5.41, 5.74) is 0.649. The minimum atomic E-state index is -0.418. The average molecular weight is 329 g/mol. The van der Waals surface area contributed by atoms with Crippen LogP contribution in [0.2, 0.25) is 0 Å². The van der Waals surface area contributed by atoms with Crippen molar-refractivity contribution in [3.63, 3.8) is 0 Å². The van der Waals surface area contributed by atoms with Gasteiger partial charge in [0.15, 0.2) is 6.61 Å². The Morgan fingerprint density at radius 3 is 2.88 bits per heavy atom. The maximum Gasteiger partial charge on any atom is 0.322 e. The first kappa shape index (κ1) is 15.5. The van der Waals surface area contributed by atoms with E-state index < -0.39 is 5.91 Å². The lowest BCUT2D eigenvalue weighted by molar-refractivity contribution is -0.118. The van der Waals surface area contributed by atoms with Crippen LogP contribution in [-0.2, 0) is 11.8 Å². The van der Waals surface area contributed by atoms with Crippen LogP contribution in [0.3, 0.4) is 0 Å². The zero-order chi connectivity index (χ0) is 16.9. The van der Waals surface area contributed by atoms with Crippen LogP contribution in [-0.4, -0.2) is 39.6 Å². The molecule has 0 aliphatic heterocycles. The Bertz CT molecular complexity index is 842. The molecule has 1 aromatic carbocycles. The van der Waals surface area contributed by atoms with Gasteiger partial charge in [-0.2, -0.15) is 5.10 Å². The van der Waals surface area contributed by atoms with Crippen LogP contribution in [0, 0.1) is 0 Å². The number of aryl methyl sites for hydroxylation is 1. The van der Waals surface area contributed by atoms with Crippen molar-refractivity contribution in [2.24, 2.45) is 7.05 Å². The third-order valence-corrected chi connectivity index (χ3v) is 3.12. The molecule has 2 heterocycles. The highest BCUT2D eigenvalue weighted by Gasteiger charge is 2.14. The first-order chi connectivity index (χ1) is 11.7. The van der Waals surface area contributed by atoms with Gasteiger partial charge in [0.1, 0.15) is 17.2 Å². The molecule has 3 rings (SSSR count). The fraction of sp³-hybridized carbons (Fsp3) is 0.200. The van der Waals surface area contributed by atoms with Gasteiger partial charge >= 0.3 is 6.01 Å². The van der Waals surface area contributed by atoms with Crippen molar-refractivity contribution in [3.05, 3.63) is 36.5 Å². The van der Waals surface area contributed by atoms with Crippen LogP contribution < -0.4 is 14.8 Å². The molecular formula is C15H15N5O4. The molecule has 0 unspecified atom stereocenters. The molecule has 0 saturated carbocycles. The summed E-state index contributed by atoms with van der Waals surface area (Å²) in [6.45, 7) is -0.198. The zero-order valence-electron chi connectivity index (χ0n) is 13.1. The minimum Gasteiger partial charge on any atom is -0.497 e. The van der Waals surface area contributed by atoms with Gasteiger partial charge in [-0.1, -0.05) is 11.2 Å². The second-order valence-electron chi connectivity index (χ2n) is 4.77. The number of carbonyl (C=O) groups is 1. The molecule has 0 atom stereocenters. The lowest BCUT2D eigenvalue weighted by Crippen LogP contribution is -2.20. The van der Waals surface area contributed by atoms with Gasteiger partial charge < -0.3 is 13.9 Å². The van der Waals surface area contributed by atoms with Crippen molar-refractivity contribution in [2.45, 2.75) is 0 Å². The molecule has 2 aromatic heterocycles. The van der Waals surface area contributed by atoms with Gasteiger partial charge in [0, 0.05) is 19.3 Å². The topological polar surface area (TPSA) is 104 Å². The fourth-order valence-corrected chi connectivity index (χ4v) is 1.96. The van der Waals surface area contributed by atoms with E-state index in [2.05, 4.69) is 20.6 Å². The van der Waals surface area contributed by atoms with Crippen LogP contribution in [0.4, 0.5) is 6.01 Å². The normalized spacial score (nSPS) is 10.4. The van der Waals surface area contributed by atoms with E-state index >= 15 is 0 Å². The van der Waals surface area contributed by atoms with Crippen molar-refractivity contribution in [1.29, 1.82) is 0 Å². The molecule has 9 heteroatoms. The van der Waals surface area contributed by atoms with Crippen LogP contribution in [0.25, 0.3) is 11.6 Å². The van der Waals surface area contributed by atoms with Crippen molar-refractivity contribution >= 4 is 11.9 Å². The molecule has 0 radical (unpaired) electrons. The van der Waals surface area contributed by atoms with Gasteiger partial charge in [0.2, 0.25) is 0 Å². The van der Waals surface area contributed by atoms with E-state index in [0.717, 1.165) is 0 Å². The Morgan fingerprint density at radius 1 is 1.29 bits per heavy atom. The maximum atomic E-state index is 11.9. The molecule has 0 fully saturated rings. The number of nitrogens with zero attached hydrogens (tertiary/aromatic N) is 4. The first-order valence-electron chi connectivity index (χ1n) is 7.04. The van der Waals surface area contributed by atoms with Crippen molar-refractivity contribution in [1.82, 2.24) is 20.0 Å². The molecule has 3 aromatic rings. The Balaban J connectivity index is 1.57. The highest BCUT2D eigenvalue weighted by molar-refractivity contribution is 5.89. The average Bonchev–Trinajstić information content (AvgIpc) is 3.22. The number of hydrogen-bond donors (Lipinski definition) is 1. The predicted molar refractivity (Wildman–Crippen MR) is 83.6 cm³/mol. The number of anilines is 1. The first-order valence-corrected chi connectivity index (χ1v) is 7.04. The van der Waals surface area contributed by atoms with E-state index in [4.69, 9.17) is 13.9 Å². The van der Waals surface area contributed by atoms with E-state index in [-0.39, 0.29) is 18.5 Å². The molecule has 0 saturated heterocycles. The number of amides is 1. The lowest BCUT2D eigenvalue weighted by Gasteiger charge is -2.06. The number of hydrogen-bond acceptors (Lipinski definition) is 7. The zero-order valence-corrected chi connectivity index (χ0v) is 13.1. The van der Waals surface area contributed by atoms with Crippen molar-refractivity contribution in [3.8, 4) is 23.1 Å². The molecular weight excluding hydrogens is 314 g/mol. The second kappa shape index (κ2) is 6.82. The summed E-state index contributed by atoms with van der Waals surface area (Å²) in [7, 11) is 3.31. The van der Waals surface area contributed by atoms with Gasteiger partial charge in [-0.15, -0.1) is 5.10 Å². The molecule has 1 N–H and O–H groups in total. The number of benzene rings is 1. The molecule has 0 bridgehead atoms. The number of rotatable bonds is 6. The number of methoxy groups -OCH3 is 1. The summed E-state index contributed by atoms with van der Waals surface area (Å²) >= 11 is 0. The van der Waals surface area contributed by atoms with Crippen LogP contribution in [0.5, 0.6) is 11.5 Å². The molecule has 0 spiro atoms. The molecule has 0 aliphatic carbocycles. The van der Waals surface area contributed by atoms with E-state index in [1.54, 1.807) is 55.4 Å². The van der Waals surface area contributed by atoms with E-state index in [1.165, 1.54) is 0 Å². The number of carbonyl (C=O) groups excluding carboxylic acids is 1. The van der Waals surface area contributed by atoms with Gasteiger partial charge in [-0.3, -0.25) is 14.8 Å². The summed E-state index contributed by atoms with van der Waals surface area (Å²) in [5, 5.41) is 14.1. The standard InChI is InChI=1S/C15H15N5O4/c1-20-12(6-7-16-20)14-18-19-15(24-14)17-13(21)9-23-11-5-3-4-10(8-11)22-2/h3-8H,9H2,1-2H3,(H,17,19,21). The molecule has 0 aliphatic rings. The monoisotopic (exact) mass is 329 g/mol. The molecule has 1 amide bonds. The van der Waals surface area contributed by atoms with E-state index in [1.807, 2.05) is 0 Å². The van der Waals surface area contributed by atoms with Crippen LogP contribution >= 0.6 is 0 Å². The van der Waals surface area contributed by atoms with Gasteiger partial charge in [-0.25, -0.2) is 0 Å². The summed E-state index contributed by atoms with van der Waals surface area (Å²) in [5.74, 6) is 1.01. The smallest absolute Gasteiger partial charge is 0.322 e. The molecule has 9 nitrogen and oxygen atoms in total. The Labute approximate surface area is 137 Å².